The van der Waals surface area contributed by atoms with Gasteiger partial charge in [0.15, 0.2) is 0 Å². The SMILES string of the molecule is Cn1cc(CN2CCC[C@](C)(CO)C2)c(-c2ccccc2)n1. The molecule has 0 bridgehead atoms. The summed E-state index contributed by atoms with van der Waals surface area (Å²) in [6, 6.07) is 10.4. The largest absolute Gasteiger partial charge is 0.396 e. The molecule has 1 aromatic heterocycles. The number of likely N-dealkylation sites (tertiary alicyclic amines) is 1. The zero-order chi connectivity index (χ0) is 15.6. The van der Waals surface area contributed by atoms with E-state index in [1.165, 1.54) is 11.1 Å². The van der Waals surface area contributed by atoms with E-state index in [9.17, 15) is 5.11 Å². The van der Waals surface area contributed by atoms with Crippen molar-refractivity contribution in [2.45, 2.75) is 26.3 Å². The Bertz CT molecular complexity index is 623. The lowest BCUT2D eigenvalue weighted by Gasteiger charge is -2.39. The first kappa shape index (κ1) is 15.3. The van der Waals surface area contributed by atoms with Crippen molar-refractivity contribution in [3.63, 3.8) is 0 Å². The molecule has 2 aromatic rings. The van der Waals surface area contributed by atoms with Gasteiger partial charge in [0, 0.05) is 49.5 Å². The summed E-state index contributed by atoms with van der Waals surface area (Å²) in [6.45, 7) is 5.39. The third-order valence-electron chi connectivity index (χ3n) is 4.59. The summed E-state index contributed by atoms with van der Waals surface area (Å²) in [5.41, 5.74) is 3.53. The standard InChI is InChI=1S/C18H25N3O/c1-18(14-22)9-6-10-21(13-18)12-16-11-20(2)19-17(16)15-7-4-3-5-8-15/h3-5,7-8,11,22H,6,9-10,12-14H2,1-2H3/t18-/m0/s1. The van der Waals surface area contributed by atoms with E-state index < -0.39 is 0 Å². The second-order valence-electron chi connectivity index (χ2n) is 6.83. The summed E-state index contributed by atoms with van der Waals surface area (Å²) in [5.74, 6) is 0. The second-order valence-corrected chi connectivity index (χ2v) is 6.83. The minimum absolute atomic E-state index is 0.0351. The molecule has 3 rings (SSSR count). The van der Waals surface area contributed by atoms with E-state index in [4.69, 9.17) is 0 Å². The molecule has 0 radical (unpaired) electrons. The van der Waals surface area contributed by atoms with Crippen LogP contribution in [0.15, 0.2) is 36.5 Å². The monoisotopic (exact) mass is 299 g/mol. The lowest BCUT2D eigenvalue weighted by molar-refractivity contribution is 0.0430. The van der Waals surface area contributed by atoms with Gasteiger partial charge >= 0.3 is 0 Å². The molecule has 0 spiro atoms. The normalized spacial score (nSPS) is 22.9. The summed E-state index contributed by atoms with van der Waals surface area (Å²) >= 11 is 0. The van der Waals surface area contributed by atoms with E-state index in [1.54, 1.807) is 0 Å². The Morgan fingerprint density at radius 3 is 2.77 bits per heavy atom. The highest BCUT2D eigenvalue weighted by molar-refractivity contribution is 5.62. The predicted octanol–water partition coefficient (Wildman–Crippen LogP) is 2.68. The van der Waals surface area contributed by atoms with Gasteiger partial charge in [-0.05, 0) is 19.4 Å². The third kappa shape index (κ3) is 3.23. The van der Waals surface area contributed by atoms with Crippen LogP contribution >= 0.6 is 0 Å². The van der Waals surface area contributed by atoms with Crippen molar-refractivity contribution >= 4 is 0 Å². The van der Waals surface area contributed by atoms with Gasteiger partial charge in [0.2, 0.25) is 0 Å². The van der Waals surface area contributed by atoms with Crippen molar-refractivity contribution in [2.75, 3.05) is 19.7 Å². The molecule has 22 heavy (non-hydrogen) atoms. The van der Waals surface area contributed by atoms with Crippen molar-refractivity contribution in [1.29, 1.82) is 0 Å². The Hall–Kier alpha value is -1.65. The molecule has 1 atom stereocenters. The number of nitrogens with zero attached hydrogens (tertiary/aromatic N) is 3. The molecule has 1 aromatic carbocycles. The van der Waals surface area contributed by atoms with Crippen LogP contribution in [0.25, 0.3) is 11.3 Å². The molecule has 2 heterocycles. The number of hydrogen-bond donors (Lipinski definition) is 1. The minimum Gasteiger partial charge on any atom is -0.396 e. The van der Waals surface area contributed by atoms with E-state index in [-0.39, 0.29) is 12.0 Å². The second kappa shape index (κ2) is 6.23. The van der Waals surface area contributed by atoms with Crippen molar-refractivity contribution in [1.82, 2.24) is 14.7 Å². The third-order valence-corrected chi connectivity index (χ3v) is 4.59. The molecule has 118 valence electrons. The molecule has 1 saturated heterocycles. The maximum atomic E-state index is 9.63. The number of piperidine rings is 1. The quantitative estimate of drug-likeness (QED) is 0.943. The first-order chi connectivity index (χ1) is 10.6. The van der Waals surface area contributed by atoms with Crippen LogP contribution in [-0.2, 0) is 13.6 Å². The topological polar surface area (TPSA) is 41.3 Å². The van der Waals surface area contributed by atoms with Gasteiger partial charge in [0.1, 0.15) is 0 Å². The van der Waals surface area contributed by atoms with Crippen LogP contribution in [-0.4, -0.2) is 39.5 Å². The molecule has 0 amide bonds. The van der Waals surface area contributed by atoms with E-state index in [1.807, 2.05) is 17.8 Å². The van der Waals surface area contributed by atoms with Crippen LogP contribution in [0.4, 0.5) is 0 Å². The number of benzene rings is 1. The average molecular weight is 299 g/mol. The van der Waals surface area contributed by atoms with Gasteiger partial charge in [-0.25, -0.2) is 0 Å². The lowest BCUT2D eigenvalue weighted by atomic mass is 9.82. The summed E-state index contributed by atoms with van der Waals surface area (Å²) in [5, 5.41) is 14.3. The maximum absolute atomic E-state index is 9.63. The van der Waals surface area contributed by atoms with Gasteiger partial charge in [0.25, 0.3) is 0 Å². The number of aromatic nitrogens is 2. The number of hydrogen-bond acceptors (Lipinski definition) is 3. The Kier molecular flexibility index (Phi) is 4.32. The molecule has 0 unspecified atom stereocenters. The van der Waals surface area contributed by atoms with Crippen LogP contribution in [0.5, 0.6) is 0 Å². The van der Waals surface area contributed by atoms with Gasteiger partial charge in [-0.3, -0.25) is 9.58 Å². The summed E-state index contributed by atoms with van der Waals surface area (Å²) in [6.07, 6.45) is 4.38. The highest BCUT2D eigenvalue weighted by Crippen LogP contribution is 2.31. The molecule has 1 N–H and O–H groups in total. The van der Waals surface area contributed by atoms with Crippen LogP contribution < -0.4 is 0 Å². The van der Waals surface area contributed by atoms with Gasteiger partial charge in [-0.1, -0.05) is 37.3 Å². The molecule has 1 aliphatic rings. The molecule has 1 aliphatic heterocycles. The zero-order valence-corrected chi connectivity index (χ0v) is 13.5. The zero-order valence-electron chi connectivity index (χ0n) is 13.5. The number of aliphatic hydroxyl groups is 1. The molecule has 1 fully saturated rings. The first-order valence-corrected chi connectivity index (χ1v) is 8.01. The highest BCUT2D eigenvalue weighted by Gasteiger charge is 2.30. The summed E-state index contributed by atoms with van der Waals surface area (Å²) in [7, 11) is 1.98. The van der Waals surface area contributed by atoms with Gasteiger partial charge in [-0.15, -0.1) is 0 Å². The van der Waals surface area contributed by atoms with Gasteiger partial charge in [0.05, 0.1) is 5.69 Å². The van der Waals surface area contributed by atoms with Crippen molar-refractivity contribution < 1.29 is 5.11 Å². The number of aryl methyl sites for hydroxylation is 1. The molecule has 4 heteroatoms. The minimum atomic E-state index is 0.0351. The van der Waals surface area contributed by atoms with Crippen LogP contribution in [0.2, 0.25) is 0 Å². The van der Waals surface area contributed by atoms with E-state index in [2.05, 4.69) is 47.4 Å². The smallest absolute Gasteiger partial charge is 0.0968 e. The Labute approximate surface area is 132 Å². The highest BCUT2D eigenvalue weighted by atomic mass is 16.3. The van der Waals surface area contributed by atoms with E-state index >= 15 is 0 Å². The Balaban J connectivity index is 1.81. The van der Waals surface area contributed by atoms with Crippen molar-refractivity contribution in [3.8, 4) is 11.3 Å². The van der Waals surface area contributed by atoms with Gasteiger partial charge < -0.3 is 5.11 Å². The molecular weight excluding hydrogens is 274 g/mol. The van der Waals surface area contributed by atoms with Crippen LogP contribution in [0.1, 0.15) is 25.3 Å². The van der Waals surface area contributed by atoms with Crippen molar-refractivity contribution in [3.05, 3.63) is 42.1 Å². The number of rotatable bonds is 4. The molecule has 4 nitrogen and oxygen atoms in total. The first-order valence-electron chi connectivity index (χ1n) is 8.01. The number of aliphatic hydroxyl groups excluding tert-OH is 1. The molecular formula is C18H25N3O. The van der Waals surface area contributed by atoms with Crippen LogP contribution in [0, 0.1) is 5.41 Å². The Morgan fingerprint density at radius 1 is 1.27 bits per heavy atom. The molecule has 0 aliphatic carbocycles. The lowest BCUT2D eigenvalue weighted by Crippen LogP contribution is -2.43. The van der Waals surface area contributed by atoms with E-state index in [0.717, 1.165) is 38.2 Å². The van der Waals surface area contributed by atoms with Crippen LogP contribution in [0.3, 0.4) is 0 Å². The fourth-order valence-corrected chi connectivity index (χ4v) is 3.42. The van der Waals surface area contributed by atoms with E-state index in [0.29, 0.717) is 0 Å². The maximum Gasteiger partial charge on any atom is 0.0968 e. The van der Waals surface area contributed by atoms with Gasteiger partial charge in [-0.2, -0.15) is 5.10 Å². The van der Waals surface area contributed by atoms with Crippen molar-refractivity contribution in [2.24, 2.45) is 12.5 Å². The predicted molar refractivity (Wildman–Crippen MR) is 88.3 cm³/mol. The molecule has 0 saturated carbocycles. The Morgan fingerprint density at radius 2 is 2.05 bits per heavy atom. The summed E-state index contributed by atoms with van der Waals surface area (Å²) < 4.78 is 1.90. The fourth-order valence-electron chi connectivity index (χ4n) is 3.42. The fraction of sp³-hybridized carbons (Fsp3) is 0.500. The summed E-state index contributed by atoms with van der Waals surface area (Å²) in [4.78, 5) is 2.45. The average Bonchev–Trinajstić information content (AvgIpc) is 2.89.